The fourth-order valence-corrected chi connectivity index (χ4v) is 1.62. The van der Waals surface area contributed by atoms with Crippen LogP contribution in [-0.4, -0.2) is 33.2 Å². The maximum atomic E-state index is 5.66. The molecule has 0 saturated heterocycles. The van der Waals surface area contributed by atoms with Crippen molar-refractivity contribution in [1.82, 2.24) is 10.6 Å². The highest BCUT2D eigenvalue weighted by atomic mass is 16.5. The van der Waals surface area contributed by atoms with E-state index in [4.69, 9.17) is 4.74 Å². The maximum absolute atomic E-state index is 5.66. The minimum atomic E-state index is 0.553. The lowest BCUT2D eigenvalue weighted by molar-refractivity contribution is 0.271. The molecule has 106 valence electrons. The van der Waals surface area contributed by atoms with E-state index in [1.54, 1.807) is 7.05 Å². The van der Waals surface area contributed by atoms with Crippen LogP contribution in [0.3, 0.4) is 0 Å². The van der Waals surface area contributed by atoms with E-state index in [9.17, 15) is 0 Å². The number of nitrogens with zero attached hydrogens (tertiary/aromatic N) is 1. The van der Waals surface area contributed by atoms with E-state index in [0.717, 1.165) is 31.3 Å². The molecule has 0 aliphatic rings. The van der Waals surface area contributed by atoms with Crippen molar-refractivity contribution in [2.24, 2.45) is 10.9 Å². The number of ether oxygens (including phenoxy) is 1. The van der Waals surface area contributed by atoms with Gasteiger partial charge in [0.15, 0.2) is 5.96 Å². The second-order valence-corrected chi connectivity index (χ2v) is 4.85. The molecule has 0 bridgehead atoms. The molecule has 0 aliphatic heterocycles. The van der Waals surface area contributed by atoms with Crippen LogP contribution >= 0.6 is 0 Å². The topological polar surface area (TPSA) is 45.7 Å². The predicted molar refractivity (Wildman–Crippen MR) is 80.9 cm³/mol. The highest BCUT2D eigenvalue weighted by Crippen LogP contribution is 2.13. The van der Waals surface area contributed by atoms with Gasteiger partial charge in [-0.2, -0.15) is 0 Å². The fraction of sp³-hybridized carbons (Fsp3) is 0.533. The van der Waals surface area contributed by atoms with Crippen LogP contribution < -0.4 is 15.4 Å². The van der Waals surface area contributed by atoms with E-state index < -0.39 is 0 Å². The third-order valence-electron chi connectivity index (χ3n) is 2.67. The van der Waals surface area contributed by atoms with Gasteiger partial charge in [0.1, 0.15) is 5.75 Å². The molecule has 0 unspecified atom stereocenters. The zero-order valence-corrected chi connectivity index (χ0v) is 12.4. The Morgan fingerprint density at radius 2 is 1.95 bits per heavy atom. The lowest BCUT2D eigenvalue weighted by Crippen LogP contribution is -2.35. The van der Waals surface area contributed by atoms with Crippen molar-refractivity contribution in [3.8, 4) is 5.75 Å². The molecule has 19 heavy (non-hydrogen) atoms. The summed E-state index contributed by atoms with van der Waals surface area (Å²) >= 11 is 0. The Labute approximate surface area is 116 Å². The van der Waals surface area contributed by atoms with Crippen LogP contribution in [0.15, 0.2) is 29.3 Å². The van der Waals surface area contributed by atoms with Crippen molar-refractivity contribution in [3.63, 3.8) is 0 Å². The highest BCUT2D eigenvalue weighted by molar-refractivity contribution is 5.79. The molecule has 0 atom stereocenters. The first-order valence-corrected chi connectivity index (χ1v) is 6.76. The summed E-state index contributed by atoms with van der Waals surface area (Å²) in [5, 5.41) is 6.22. The summed E-state index contributed by atoms with van der Waals surface area (Å²) in [6.45, 7) is 5.92. The number of hydrogen-bond donors (Lipinski definition) is 2. The molecule has 0 amide bonds. The molecule has 0 fully saturated rings. The van der Waals surface area contributed by atoms with Crippen molar-refractivity contribution >= 4 is 5.96 Å². The van der Waals surface area contributed by atoms with Crippen molar-refractivity contribution in [2.45, 2.75) is 20.3 Å². The Morgan fingerprint density at radius 1 is 1.26 bits per heavy atom. The number of nitrogens with one attached hydrogen (secondary N) is 2. The molecule has 1 aromatic rings. The monoisotopic (exact) mass is 263 g/mol. The van der Waals surface area contributed by atoms with Gasteiger partial charge in [0.2, 0.25) is 0 Å². The zero-order valence-electron chi connectivity index (χ0n) is 12.4. The molecule has 0 aliphatic carbocycles. The average molecular weight is 263 g/mol. The number of benzene rings is 1. The van der Waals surface area contributed by atoms with E-state index in [1.165, 1.54) is 5.56 Å². The van der Waals surface area contributed by atoms with Gasteiger partial charge in [-0.25, -0.2) is 0 Å². The summed E-state index contributed by atoms with van der Waals surface area (Å²) in [6, 6.07) is 8.29. The Hall–Kier alpha value is -1.71. The summed E-state index contributed by atoms with van der Waals surface area (Å²) in [5.74, 6) is 2.31. The summed E-state index contributed by atoms with van der Waals surface area (Å²) in [6.07, 6.45) is 0.963. The summed E-state index contributed by atoms with van der Waals surface area (Å²) in [4.78, 5) is 4.07. The van der Waals surface area contributed by atoms with Crippen LogP contribution in [0.2, 0.25) is 0 Å². The molecule has 0 heterocycles. The number of guanidine groups is 1. The normalized spacial score (nSPS) is 11.5. The van der Waals surface area contributed by atoms with Gasteiger partial charge in [-0.1, -0.05) is 26.0 Å². The van der Waals surface area contributed by atoms with E-state index in [1.807, 2.05) is 19.2 Å². The highest BCUT2D eigenvalue weighted by Gasteiger charge is 1.99. The van der Waals surface area contributed by atoms with Gasteiger partial charge in [0, 0.05) is 20.6 Å². The summed E-state index contributed by atoms with van der Waals surface area (Å²) < 4.78 is 5.66. The second kappa shape index (κ2) is 8.40. The lowest BCUT2D eigenvalue weighted by Gasteiger charge is -2.10. The number of rotatable bonds is 6. The third kappa shape index (κ3) is 6.13. The Balaban J connectivity index is 2.36. The largest absolute Gasteiger partial charge is 0.493 e. The zero-order chi connectivity index (χ0) is 14.1. The molecule has 4 nitrogen and oxygen atoms in total. The molecule has 0 radical (unpaired) electrons. The summed E-state index contributed by atoms with van der Waals surface area (Å²) in [7, 11) is 3.62. The van der Waals surface area contributed by atoms with E-state index >= 15 is 0 Å². The van der Waals surface area contributed by atoms with Crippen LogP contribution in [0.5, 0.6) is 5.75 Å². The second-order valence-electron chi connectivity index (χ2n) is 4.85. The Bertz CT molecular complexity index is 385. The maximum Gasteiger partial charge on any atom is 0.190 e. The molecule has 2 N–H and O–H groups in total. The van der Waals surface area contributed by atoms with Crippen molar-refractivity contribution in [3.05, 3.63) is 29.8 Å². The van der Waals surface area contributed by atoms with Crippen LogP contribution in [0, 0.1) is 5.92 Å². The molecule has 1 rings (SSSR count). The average Bonchev–Trinajstić information content (AvgIpc) is 2.42. The van der Waals surface area contributed by atoms with E-state index in [2.05, 4.69) is 41.6 Å². The molecule has 4 heteroatoms. The number of hydrogen-bond acceptors (Lipinski definition) is 2. The van der Waals surface area contributed by atoms with Gasteiger partial charge in [-0.15, -0.1) is 0 Å². The van der Waals surface area contributed by atoms with Crippen LogP contribution in [-0.2, 0) is 6.42 Å². The minimum absolute atomic E-state index is 0.553. The molecule has 0 saturated carbocycles. The van der Waals surface area contributed by atoms with Gasteiger partial charge >= 0.3 is 0 Å². The first kappa shape index (κ1) is 15.3. The molecular weight excluding hydrogens is 238 g/mol. The van der Waals surface area contributed by atoms with E-state index in [-0.39, 0.29) is 0 Å². The standard InChI is InChI=1S/C15H25N3O/c1-12(2)11-19-14-7-5-13(6-8-14)9-10-18-15(16-3)17-4/h5-8,12H,9-11H2,1-4H3,(H2,16,17,18). The smallest absolute Gasteiger partial charge is 0.190 e. The van der Waals surface area contributed by atoms with Crippen LogP contribution in [0.1, 0.15) is 19.4 Å². The minimum Gasteiger partial charge on any atom is -0.493 e. The Kier molecular flexibility index (Phi) is 6.79. The molecule has 0 aromatic heterocycles. The first-order valence-electron chi connectivity index (χ1n) is 6.76. The third-order valence-corrected chi connectivity index (χ3v) is 2.67. The molecule has 0 spiro atoms. The number of aliphatic imine (C=N–C) groups is 1. The predicted octanol–water partition coefficient (Wildman–Crippen LogP) is 2.06. The Morgan fingerprint density at radius 3 is 2.47 bits per heavy atom. The van der Waals surface area contributed by atoms with Crippen LogP contribution in [0.4, 0.5) is 0 Å². The summed E-state index contributed by atoms with van der Waals surface area (Å²) in [5.41, 5.74) is 1.29. The molecular formula is C15H25N3O. The fourth-order valence-electron chi connectivity index (χ4n) is 1.62. The van der Waals surface area contributed by atoms with Crippen molar-refractivity contribution < 1.29 is 4.74 Å². The SMILES string of the molecule is CN=C(NC)NCCc1ccc(OCC(C)C)cc1. The first-order chi connectivity index (χ1) is 9.15. The van der Waals surface area contributed by atoms with Crippen LogP contribution in [0.25, 0.3) is 0 Å². The van der Waals surface area contributed by atoms with E-state index in [0.29, 0.717) is 5.92 Å². The quantitative estimate of drug-likeness (QED) is 0.610. The van der Waals surface area contributed by atoms with Gasteiger partial charge in [0.05, 0.1) is 6.61 Å². The van der Waals surface area contributed by atoms with Crippen molar-refractivity contribution in [2.75, 3.05) is 27.2 Å². The van der Waals surface area contributed by atoms with Gasteiger partial charge < -0.3 is 15.4 Å². The van der Waals surface area contributed by atoms with Crippen molar-refractivity contribution in [1.29, 1.82) is 0 Å². The van der Waals surface area contributed by atoms with Gasteiger partial charge in [-0.05, 0) is 30.0 Å². The van der Waals surface area contributed by atoms with Gasteiger partial charge in [-0.3, -0.25) is 4.99 Å². The van der Waals surface area contributed by atoms with Gasteiger partial charge in [0.25, 0.3) is 0 Å². The molecule has 1 aromatic carbocycles. The lowest BCUT2D eigenvalue weighted by atomic mass is 10.1.